The summed E-state index contributed by atoms with van der Waals surface area (Å²) < 4.78 is 11.3. The number of rotatable bonds is 4. The maximum Gasteiger partial charge on any atom is 0.123 e. The lowest BCUT2D eigenvalue weighted by Crippen LogP contribution is -2.84. The molecule has 0 bridgehead atoms. The fourth-order valence-electron chi connectivity index (χ4n) is 2.87. The van der Waals surface area contributed by atoms with Crippen LogP contribution in [0.5, 0.6) is 5.75 Å². The van der Waals surface area contributed by atoms with Gasteiger partial charge in [-0.2, -0.15) is 0 Å². The lowest BCUT2D eigenvalue weighted by Gasteiger charge is -2.08. The molecule has 3 rings (SSSR count). The number of quaternary nitrogens is 1. The van der Waals surface area contributed by atoms with E-state index in [0.717, 1.165) is 31.9 Å². The van der Waals surface area contributed by atoms with E-state index in [0.29, 0.717) is 12.2 Å². The Bertz CT molecular complexity index is 413. The lowest BCUT2D eigenvalue weighted by molar-refractivity contribution is -0.676. The van der Waals surface area contributed by atoms with Crippen LogP contribution in [-0.4, -0.2) is 25.4 Å². The molecule has 0 saturated carbocycles. The standard InChI is InChI=1S/C15H21NO2/c1-11-7-13-8-12(4-5-15(13)18-11)9-16-10-14-3-2-6-17-14/h4-5,8,11,14,16H,2-3,6-7,9-10H2,1H3/p+1/t11-,14+/m0/s1. The minimum Gasteiger partial charge on any atom is -0.490 e. The minimum absolute atomic E-state index is 0.339. The maximum absolute atomic E-state index is 5.72. The fourth-order valence-corrected chi connectivity index (χ4v) is 2.87. The lowest BCUT2D eigenvalue weighted by atomic mass is 10.1. The second-order valence-corrected chi connectivity index (χ2v) is 5.44. The molecule has 0 aromatic heterocycles. The Kier molecular flexibility index (Phi) is 3.52. The highest BCUT2D eigenvalue weighted by atomic mass is 16.5. The average Bonchev–Trinajstić information content (AvgIpc) is 2.96. The molecule has 98 valence electrons. The molecule has 2 N–H and O–H groups in total. The van der Waals surface area contributed by atoms with Gasteiger partial charge in [0.1, 0.15) is 31.0 Å². The van der Waals surface area contributed by atoms with E-state index in [1.54, 1.807) is 0 Å². The summed E-state index contributed by atoms with van der Waals surface area (Å²) in [4.78, 5) is 0. The van der Waals surface area contributed by atoms with Crippen LogP contribution >= 0.6 is 0 Å². The molecule has 1 aromatic carbocycles. The van der Waals surface area contributed by atoms with Crippen LogP contribution in [0, 0.1) is 0 Å². The Hall–Kier alpha value is -1.06. The molecule has 0 aliphatic carbocycles. The van der Waals surface area contributed by atoms with Crippen molar-refractivity contribution in [3.63, 3.8) is 0 Å². The SMILES string of the molecule is C[C@H]1Cc2cc(C[NH2+]C[C@H]3CCCO3)ccc2O1. The van der Waals surface area contributed by atoms with Gasteiger partial charge in [-0.05, 0) is 43.5 Å². The van der Waals surface area contributed by atoms with Crippen LogP contribution in [0.1, 0.15) is 30.9 Å². The zero-order chi connectivity index (χ0) is 12.4. The topological polar surface area (TPSA) is 35.1 Å². The van der Waals surface area contributed by atoms with Crippen molar-refractivity contribution in [3.05, 3.63) is 29.3 Å². The Labute approximate surface area is 108 Å². The fraction of sp³-hybridized carbons (Fsp3) is 0.600. The van der Waals surface area contributed by atoms with Gasteiger partial charge in [-0.3, -0.25) is 0 Å². The molecule has 3 nitrogen and oxygen atoms in total. The Morgan fingerprint density at radius 3 is 3.17 bits per heavy atom. The molecule has 3 heteroatoms. The zero-order valence-electron chi connectivity index (χ0n) is 11.0. The molecule has 0 amide bonds. The number of benzene rings is 1. The summed E-state index contributed by atoms with van der Waals surface area (Å²) in [5.41, 5.74) is 2.76. The first kappa shape index (κ1) is 12.0. The van der Waals surface area contributed by atoms with Crippen molar-refractivity contribution in [2.24, 2.45) is 0 Å². The third-order valence-electron chi connectivity index (χ3n) is 3.79. The molecule has 2 heterocycles. The minimum atomic E-state index is 0.339. The Morgan fingerprint density at radius 1 is 1.39 bits per heavy atom. The van der Waals surface area contributed by atoms with Crippen molar-refractivity contribution < 1.29 is 14.8 Å². The van der Waals surface area contributed by atoms with E-state index < -0.39 is 0 Å². The van der Waals surface area contributed by atoms with Crippen molar-refractivity contribution in [2.45, 2.75) is 44.9 Å². The van der Waals surface area contributed by atoms with Crippen LogP contribution in [0.3, 0.4) is 0 Å². The zero-order valence-corrected chi connectivity index (χ0v) is 11.0. The first-order valence-corrected chi connectivity index (χ1v) is 7.03. The second-order valence-electron chi connectivity index (χ2n) is 5.44. The van der Waals surface area contributed by atoms with Gasteiger partial charge in [-0.1, -0.05) is 0 Å². The summed E-state index contributed by atoms with van der Waals surface area (Å²) in [5.74, 6) is 1.07. The van der Waals surface area contributed by atoms with Gasteiger partial charge in [-0.15, -0.1) is 0 Å². The van der Waals surface area contributed by atoms with Crippen LogP contribution in [0.15, 0.2) is 18.2 Å². The van der Waals surface area contributed by atoms with Crippen molar-refractivity contribution in [3.8, 4) is 5.75 Å². The Balaban J connectivity index is 1.52. The third kappa shape index (κ3) is 2.68. The first-order valence-electron chi connectivity index (χ1n) is 7.03. The molecule has 0 spiro atoms. The molecular formula is C15H22NO2+. The van der Waals surface area contributed by atoms with Gasteiger partial charge in [0.05, 0.1) is 0 Å². The summed E-state index contributed by atoms with van der Waals surface area (Å²) in [5, 5.41) is 2.36. The van der Waals surface area contributed by atoms with E-state index in [1.807, 2.05) is 0 Å². The van der Waals surface area contributed by atoms with Crippen LogP contribution in [0.4, 0.5) is 0 Å². The van der Waals surface area contributed by atoms with Crippen molar-refractivity contribution in [1.29, 1.82) is 0 Å². The van der Waals surface area contributed by atoms with Crippen molar-refractivity contribution in [2.75, 3.05) is 13.2 Å². The smallest absolute Gasteiger partial charge is 0.123 e. The number of fused-ring (bicyclic) bond motifs is 1. The number of nitrogens with two attached hydrogens (primary N) is 1. The number of ether oxygens (including phenoxy) is 2. The summed E-state index contributed by atoms with van der Waals surface area (Å²) >= 11 is 0. The Morgan fingerprint density at radius 2 is 2.33 bits per heavy atom. The summed E-state index contributed by atoms with van der Waals surface area (Å²) in [6.45, 7) is 5.21. The number of hydrogen-bond donors (Lipinski definition) is 1. The third-order valence-corrected chi connectivity index (χ3v) is 3.79. The highest BCUT2D eigenvalue weighted by molar-refractivity contribution is 5.40. The average molecular weight is 248 g/mol. The van der Waals surface area contributed by atoms with E-state index in [1.165, 1.54) is 24.0 Å². The van der Waals surface area contributed by atoms with Crippen LogP contribution in [0.2, 0.25) is 0 Å². The molecule has 1 saturated heterocycles. The quantitative estimate of drug-likeness (QED) is 0.870. The van der Waals surface area contributed by atoms with Gasteiger partial charge in [0.25, 0.3) is 0 Å². The monoisotopic (exact) mass is 248 g/mol. The van der Waals surface area contributed by atoms with Crippen molar-refractivity contribution >= 4 is 0 Å². The molecule has 1 fully saturated rings. The highest BCUT2D eigenvalue weighted by Gasteiger charge is 2.20. The van der Waals surface area contributed by atoms with E-state index >= 15 is 0 Å². The molecule has 2 aliphatic heterocycles. The van der Waals surface area contributed by atoms with Gasteiger partial charge in [0, 0.05) is 18.6 Å². The summed E-state index contributed by atoms with van der Waals surface area (Å²) in [6.07, 6.45) is 4.32. The van der Waals surface area contributed by atoms with Crippen LogP contribution in [-0.2, 0) is 17.7 Å². The van der Waals surface area contributed by atoms with E-state index in [2.05, 4.69) is 30.4 Å². The van der Waals surface area contributed by atoms with E-state index in [9.17, 15) is 0 Å². The molecule has 2 atom stereocenters. The maximum atomic E-state index is 5.72. The summed E-state index contributed by atoms with van der Waals surface area (Å²) in [7, 11) is 0. The second kappa shape index (κ2) is 5.29. The van der Waals surface area contributed by atoms with E-state index in [-0.39, 0.29) is 0 Å². The summed E-state index contributed by atoms with van der Waals surface area (Å²) in [6, 6.07) is 6.60. The molecule has 0 unspecified atom stereocenters. The normalized spacial score (nSPS) is 26.1. The molecule has 2 aliphatic rings. The molecule has 0 radical (unpaired) electrons. The van der Waals surface area contributed by atoms with Crippen LogP contribution < -0.4 is 10.1 Å². The van der Waals surface area contributed by atoms with Gasteiger partial charge in [0.2, 0.25) is 0 Å². The van der Waals surface area contributed by atoms with Crippen molar-refractivity contribution in [1.82, 2.24) is 0 Å². The molecular weight excluding hydrogens is 226 g/mol. The van der Waals surface area contributed by atoms with Gasteiger partial charge < -0.3 is 14.8 Å². The predicted molar refractivity (Wildman–Crippen MR) is 69.7 cm³/mol. The van der Waals surface area contributed by atoms with Gasteiger partial charge in [0.15, 0.2) is 0 Å². The predicted octanol–water partition coefficient (Wildman–Crippen LogP) is 1.25. The molecule has 1 aromatic rings. The largest absolute Gasteiger partial charge is 0.490 e. The van der Waals surface area contributed by atoms with Gasteiger partial charge >= 0.3 is 0 Å². The number of hydrogen-bond acceptors (Lipinski definition) is 2. The highest BCUT2D eigenvalue weighted by Crippen LogP contribution is 2.29. The first-order chi connectivity index (χ1) is 8.81. The molecule has 18 heavy (non-hydrogen) atoms. The van der Waals surface area contributed by atoms with Crippen LogP contribution in [0.25, 0.3) is 0 Å². The van der Waals surface area contributed by atoms with E-state index in [4.69, 9.17) is 9.47 Å². The van der Waals surface area contributed by atoms with Gasteiger partial charge in [-0.25, -0.2) is 0 Å².